The Morgan fingerprint density at radius 2 is 1.71 bits per heavy atom. The first-order chi connectivity index (χ1) is 14.8. The molecule has 1 N–H and O–H groups in total. The van der Waals surface area contributed by atoms with E-state index in [-0.39, 0.29) is 27.8 Å². The van der Waals surface area contributed by atoms with Gasteiger partial charge >= 0.3 is 0 Å². The number of nitrogens with zero attached hydrogens (tertiary/aromatic N) is 2. The molecule has 31 heavy (non-hydrogen) atoms. The van der Waals surface area contributed by atoms with Crippen molar-refractivity contribution in [1.82, 2.24) is 14.2 Å². The summed E-state index contributed by atoms with van der Waals surface area (Å²) in [6.07, 6.45) is 2.76. The Balaban J connectivity index is 1.94. The summed E-state index contributed by atoms with van der Waals surface area (Å²) in [6, 6.07) is 16.5. The number of carbonyl (C=O) groups excluding carboxylic acids is 2. The minimum absolute atomic E-state index is 0.0236. The van der Waals surface area contributed by atoms with E-state index in [9.17, 15) is 18.0 Å². The van der Waals surface area contributed by atoms with Crippen molar-refractivity contribution in [1.29, 1.82) is 0 Å². The van der Waals surface area contributed by atoms with Crippen molar-refractivity contribution in [2.45, 2.75) is 4.90 Å². The maximum atomic E-state index is 13.5. The molecule has 1 fully saturated rings. The molecule has 2 aromatic carbocycles. The zero-order chi connectivity index (χ0) is 22.2. The van der Waals surface area contributed by atoms with Gasteiger partial charge in [0.2, 0.25) is 0 Å². The monoisotopic (exact) mass is 451 g/mol. The van der Waals surface area contributed by atoms with Gasteiger partial charge in [-0.25, -0.2) is 12.4 Å². The van der Waals surface area contributed by atoms with Gasteiger partial charge in [0.25, 0.3) is 21.8 Å². The SMILES string of the molecule is C=CCN1C(=O)C(=Cc2cc3ccccc3n2S(=O)(=O)c2ccccc2)C(=O)NC1=S. The molecule has 0 saturated carbocycles. The first-order valence-electron chi connectivity index (χ1n) is 9.25. The van der Waals surface area contributed by atoms with Crippen LogP contribution in [0.2, 0.25) is 0 Å². The molecule has 2 heterocycles. The summed E-state index contributed by atoms with van der Waals surface area (Å²) in [5.41, 5.74) is 0.387. The second-order valence-corrected chi connectivity index (χ2v) is 8.91. The third kappa shape index (κ3) is 3.58. The number of nitrogens with one attached hydrogen (secondary N) is 1. The molecule has 4 rings (SSSR count). The molecule has 156 valence electrons. The molecule has 2 amide bonds. The standard InChI is InChI=1S/C22H17N3O4S2/c1-2-12-24-21(27)18(20(26)23-22(24)30)14-16-13-15-8-6-7-11-19(15)25(16)31(28,29)17-9-4-3-5-10-17/h2-11,13-14H,1,12H2,(H,23,26,30). The molecule has 0 radical (unpaired) electrons. The van der Waals surface area contributed by atoms with Crippen LogP contribution in [0, 0.1) is 0 Å². The molecule has 0 aliphatic carbocycles. The Bertz CT molecular complexity index is 1370. The summed E-state index contributed by atoms with van der Waals surface area (Å²) < 4.78 is 28.0. The smallest absolute Gasteiger partial charge is 0.268 e. The predicted molar refractivity (Wildman–Crippen MR) is 122 cm³/mol. The van der Waals surface area contributed by atoms with Crippen molar-refractivity contribution in [2.24, 2.45) is 0 Å². The molecule has 1 saturated heterocycles. The van der Waals surface area contributed by atoms with Crippen LogP contribution in [0.5, 0.6) is 0 Å². The fourth-order valence-corrected chi connectivity index (χ4v) is 5.12. The highest BCUT2D eigenvalue weighted by atomic mass is 32.2. The van der Waals surface area contributed by atoms with Crippen molar-refractivity contribution in [3.8, 4) is 0 Å². The molecule has 9 heteroatoms. The van der Waals surface area contributed by atoms with E-state index in [1.165, 1.54) is 29.2 Å². The van der Waals surface area contributed by atoms with Gasteiger partial charge in [0.1, 0.15) is 5.57 Å². The summed E-state index contributed by atoms with van der Waals surface area (Å²) in [4.78, 5) is 26.7. The Hall–Kier alpha value is -3.56. The maximum absolute atomic E-state index is 13.5. The van der Waals surface area contributed by atoms with Crippen LogP contribution < -0.4 is 5.32 Å². The van der Waals surface area contributed by atoms with E-state index in [1.807, 2.05) is 0 Å². The van der Waals surface area contributed by atoms with Gasteiger partial charge in [-0.2, -0.15) is 0 Å². The van der Waals surface area contributed by atoms with E-state index in [0.29, 0.717) is 10.9 Å². The lowest BCUT2D eigenvalue weighted by molar-refractivity contribution is -0.128. The number of fused-ring (bicyclic) bond motifs is 1. The van der Waals surface area contributed by atoms with Crippen molar-refractivity contribution in [3.63, 3.8) is 0 Å². The van der Waals surface area contributed by atoms with Gasteiger partial charge in [-0.05, 0) is 42.6 Å². The van der Waals surface area contributed by atoms with E-state index in [1.54, 1.807) is 48.5 Å². The van der Waals surface area contributed by atoms with Crippen molar-refractivity contribution in [3.05, 3.63) is 84.6 Å². The van der Waals surface area contributed by atoms with Crippen LogP contribution >= 0.6 is 12.2 Å². The number of carbonyl (C=O) groups is 2. The van der Waals surface area contributed by atoms with E-state index >= 15 is 0 Å². The molecule has 0 spiro atoms. The fourth-order valence-electron chi connectivity index (χ4n) is 3.35. The molecule has 0 unspecified atom stereocenters. The summed E-state index contributed by atoms with van der Waals surface area (Å²) in [5, 5.41) is 3.09. The number of rotatable bonds is 5. The Kier molecular flexibility index (Phi) is 5.30. The van der Waals surface area contributed by atoms with E-state index in [2.05, 4.69) is 11.9 Å². The summed E-state index contributed by atoms with van der Waals surface area (Å²) in [7, 11) is -4.00. The Morgan fingerprint density at radius 3 is 2.42 bits per heavy atom. The molecule has 1 aliphatic rings. The molecular weight excluding hydrogens is 434 g/mol. The number of aromatic nitrogens is 1. The van der Waals surface area contributed by atoms with Gasteiger partial charge in [0.05, 0.1) is 16.1 Å². The normalized spacial score (nSPS) is 16.1. The quantitative estimate of drug-likeness (QED) is 0.279. The van der Waals surface area contributed by atoms with E-state index in [0.717, 1.165) is 3.97 Å². The van der Waals surface area contributed by atoms with Gasteiger partial charge in [-0.3, -0.25) is 19.8 Å². The molecule has 1 aromatic heterocycles. The second kappa shape index (κ2) is 7.93. The van der Waals surface area contributed by atoms with E-state index in [4.69, 9.17) is 12.2 Å². The first-order valence-corrected chi connectivity index (χ1v) is 11.1. The van der Waals surface area contributed by atoms with Crippen molar-refractivity contribution >= 4 is 56.1 Å². The third-order valence-electron chi connectivity index (χ3n) is 4.76. The average Bonchev–Trinajstić information content (AvgIpc) is 3.13. The average molecular weight is 452 g/mol. The van der Waals surface area contributed by atoms with Crippen molar-refractivity contribution < 1.29 is 18.0 Å². The summed E-state index contributed by atoms with van der Waals surface area (Å²) in [5.74, 6) is -1.31. The number of hydrogen-bond acceptors (Lipinski definition) is 5. The van der Waals surface area contributed by atoms with Gasteiger partial charge < -0.3 is 0 Å². The van der Waals surface area contributed by atoms with Crippen LogP contribution in [0.4, 0.5) is 0 Å². The van der Waals surface area contributed by atoms with Crippen LogP contribution in [0.15, 0.2) is 83.8 Å². The van der Waals surface area contributed by atoms with Crippen LogP contribution in [0.25, 0.3) is 17.0 Å². The Morgan fingerprint density at radius 1 is 1.03 bits per heavy atom. The minimum atomic E-state index is -4.00. The lowest BCUT2D eigenvalue weighted by atomic mass is 10.1. The molecule has 7 nitrogen and oxygen atoms in total. The topological polar surface area (TPSA) is 88.5 Å². The second-order valence-electron chi connectivity index (χ2n) is 6.73. The number of para-hydroxylation sites is 1. The van der Waals surface area contributed by atoms with Gasteiger partial charge in [-0.1, -0.05) is 42.5 Å². The first kappa shape index (κ1) is 20.7. The lowest BCUT2D eigenvalue weighted by Gasteiger charge is -2.27. The Labute approximate surface area is 184 Å². The van der Waals surface area contributed by atoms with Crippen LogP contribution in [-0.2, 0) is 19.6 Å². The molecular formula is C22H17N3O4S2. The van der Waals surface area contributed by atoms with Gasteiger partial charge in [0.15, 0.2) is 5.11 Å². The summed E-state index contributed by atoms with van der Waals surface area (Å²) in [6.45, 7) is 3.70. The highest BCUT2D eigenvalue weighted by Crippen LogP contribution is 2.28. The van der Waals surface area contributed by atoms with Crippen LogP contribution in [0.3, 0.4) is 0 Å². The molecule has 1 aliphatic heterocycles. The van der Waals surface area contributed by atoms with Gasteiger partial charge in [0, 0.05) is 11.9 Å². The number of amides is 2. The van der Waals surface area contributed by atoms with Gasteiger partial charge in [-0.15, -0.1) is 6.58 Å². The highest BCUT2D eigenvalue weighted by Gasteiger charge is 2.33. The molecule has 0 bridgehead atoms. The zero-order valence-electron chi connectivity index (χ0n) is 16.2. The largest absolute Gasteiger partial charge is 0.298 e. The summed E-state index contributed by atoms with van der Waals surface area (Å²) >= 11 is 5.06. The molecule has 3 aromatic rings. The van der Waals surface area contributed by atoms with E-state index < -0.39 is 21.8 Å². The number of hydrogen-bond donors (Lipinski definition) is 1. The fraction of sp³-hybridized carbons (Fsp3) is 0.0455. The predicted octanol–water partition coefficient (Wildman–Crippen LogP) is 2.69. The zero-order valence-corrected chi connectivity index (χ0v) is 17.8. The van der Waals surface area contributed by atoms with Crippen LogP contribution in [-0.4, -0.2) is 40.8 Å². The van der Waals surface area contributed by atoms with Crippen molar-refractivity contribution in [2.75, 3.05) is 6.54 Å². The lowest BCUT2D eigenvalue weighted by Crippen LogP contribution is -2.53. The highest BCUT2D eigenvalue weighted by molar-refractivity contribution is 7.90. The molecule has 0 atom stereocenters. The number of thiocarbonyl (C=S) groups is 1. The minimum Gasteiger partial charge on any atom is -0.298 e. The number of benzene rings is 2. The maximum Gasteiger partial charge on any atom is 0.268 e. The van der Waals surface area contributed by atoms with Crippen LogP contribution in [0.1, 0.15) is 5.69 Å². The third-order valence-corrected chi connectivity index (χ3v) is 6.84.